The van der Waals surface area contributed by atoms with E-state index in [0.29, 0.717) is 0 Å². The Kier molecular flexibility index (Phi) is 5.31. The lowest BCUT2D eigenvalue weighted by Gasteiger charge is -2.21. The molecule has 0 amide bonds. The highest BCUT2D eigenvalue weighted by molar-refractivity contribution is 6.16. The monoisotopic (exact) mass is 402 g/mol. The predicted octanol–water partition coefficient (Wildman–Crippen LogP) is 5.36. The van der Waals surface area contributed by atoms with Gasteiger partial charge in [-0.25, -0.2) is 0 Å². The fourth-order valence-electron chi connectivity index (χ4n) is 3.97. The summed E-state index contributed by atoms with van der Waals surface area (Å²) in [7, 11) is 0. The molecule has 0 spiro atoms. The van der Waals surface area contributed by atoms with E-state index in [9.17, 15) is 0 Å². The fourth-order valence-corrected chi connectivity index (χ4v) is 3.97. The molecule has 1 aromatic heterocycles. The Morgan fingerprint density at radius 1 is 0.667 bits per heavy atom. The van der Waals surface area contributed by atoms with E-state index in [2.05, 4.69) is 76.1 Å². The van der Waals surface area contributed by atoms with Gasteiger partial charge in [0.05, 0.1) is 24.1 Å². The molecule has 30 heavy (non-hydrogen) atoms. The molecule has 1 aliphatic heterocycles. The molecular weight excluding hydrogens is 368 g/mol. The van der Waals surface area contributed by atoms with Gasteiger partial charge in [-0.1, -0.05) is 41.5 Å². The average Bonchev–Trinajstić information content (AvgIpc) is 3.03. The number of nitrogens with one attached hydrogen (secondary N) is 2. The maximum atomic E-state index is 4.71. The van der Waals surface area contributed by atoms with Gasteiger partial charge in [-0.2, -0.15) is 0 Å². The van der Waals surface area contributed by atoms with Crippen molar-refractivity contribution in [3.05, 3.63) is 46.5 Å². The topological polar surface area (TPSA) is 52.5 Å². The Hall–Kier alpha value is -2.46. The van der Waals surface area contributed by atoms with Crippen molar-refractivity contribution >= 4 is 34.2 Å². The molecule has 0 unspecified atom stereocenters. The van der Waals surface area contributed by atoms with Crippen molar-refractivity contribution in [2.45, 2.75) is 52.4 Å². The number of benzene rings is 2. The third-order valence-electron chi connectivity index (χ3n) is 5.91. The van der Waals surface area contributed by atoms with Gasteiger partial charge in [0.2, 0.25) is 0 Å². The maximum absolute atomic E-state index is 4.71. The second-order valence-corrected chi connectivity index (χ2v) is 10.4. The van der Waals surface area contributed by atoms with Gasteiger partial charge in [0.1, 0.15) is 0 Å². The number of nitrogens with zero attached hydrogens (tertiary/aromatic N) is 2. The molecule has 0 radical (unpaired) electrons. The lowest BCUT2D eigenvalue weighted by atomic mass is 9.83. The Bertz CT molecular complexity index is 1050. The van der Waals surface area contributed by atoms with Crippen molar-refractivity contribution in [3.8, 4) is 0 Å². The van der Waals surface area contributed by atoms with Crippen molar-refractivity contribution in [2.75, 3.05) is 26.2 Å². The third-order valence-corrected chi connectivity index (χ3v) is 5.91. The average molecular weight is 403 g/mol. The summed E-state index contributed by atoms with van der Waals surface area (Å²) in [4.78, 5) is 13.1. The Morgan fingerprint density at radius 2 is 1.10 bits per heavy atom. The van der Waals surface area contributed by atoms with Crippen LogP contribution in [0.15, 0.2) is 34.3 Å². The zero-order chi connectivity index (χ0) is 21.5. The van der Waals surface area contributed by atoms with Crippen molar-refractivity contribution in [2.24, 2.45) is 9.98 Å². The first-order valence-corrected chi connectivity index (χ1v) is 11.0. The number of aromatic amines is 1. The van der Waals surface area contributed by atoms with Crippen molar-refractivity contribution in [3.63, 3.8) is 0 Å². The van der Waals surface area contributed by atoms with Gasteiger partial charge >= 0.3 is 0 Å². The van der Waals surface area contributed by atoms with E-state index in [0.717, 1.165) is 48.3 Å². The van der Waals surface area contributed by atoms with Crippen molar-refractivity contribution < 1.29 is 0 Å². The Morgan fingerprint density at radius 3 is 1.50 bits per heavy atom. The van der Waals surface area contributed by atoms with Crippen LogP contribution in [0.4, 0.5) is 0 Å². The van der Waals surface area contributed by atoms with E-state index < -0.39 is 0 Å². The minimum Gasteiger partial charge on any atom is -0.353 e. The molecular formula is C26H34N4. The van der Waals surface area contributed by atoms with Gasteiger partial charge < -0.3 is 10.3 Å². The van der Waals surface area contributed by atoms with Gasteiger partial charge in [-0.05, 0) is 46.2 Å². The summed E-state index contributed by atoms with van der Waals surface area (Å²) in [5, 5.41) is 5.97. The summed E-state index contributed by atoms with van der Waals surface area (Å²) in [6.07, 6.45) is 4.08. The molecule has 4 rings (SSSR count). The van der Waals surface area contributed by atoms with Crippen molar-refractivity contribution in [1.29, 1.82) is 0 Å². The molecule has 1 aliphatic rings. The summed E-state index contributed by atoms with van der Waals surface area (Å²) < 4.78 is 0. The van der Waals surface area contributed by atoms with Crippen LogP contribution in [0.5, 0.6) is 0 Å². The van der Waals surface area contributed by atoms with Crippen LogP contribution in [0, 0.1) is 0 Å². The molecule has 2 heterocycles. The SMILES string of the molecule is CC(C)(C)c1cc2c3[nH]c4c(cc(C(C)(C)C)cc4c3c1)C=NCCNCCN=C2. The van der Waals surface area contributed by atoms with Crippen LogP contribution in [0.1, 0.15) is 63.8 Å². The first kappa shape index (κ1) is 20.8. The number of aromatic nitrogens is 1. The van der Waals surface area contributed by atoms with Crippen LogP contribution in [0.3, 0.4) is 0 Å². The first-order valence-electron chi connectivity index (χ1n) is 11.0. The van der Waals surface area contributed by atoms with E-state index in [1.54, 1.807) is 0 Å². The Balaban J connectivity index is 2.10. The predicted molar refractivity (Wildman–Crippen MR) is 131 cm³/mol. The molecule has 2 aromatic carbocycles. The largest absolute Gasteiger partial charge is 0.353 e. The van der Waals surface area contributed by atoms with Crippen LogP contribution in [0.2, 0.25) is 0 Å². The van der Waals surface area contributed by atoms with Crippen LogP contribution in [-0.2, 0) is 10.8 Å². The number of H-pyrrole nitrogens is 1. The molecule has 4 heteroatoms. The highest BCUT2D eigenvalue weighted by atomic mass is 14.9. The maximum Gasteiger partial charge on any atom is 0.0554 e. The zero-order valence-electron chi connectivity index (χ0n) is 19.2. The Labute approximate surface area is 179 Å². The quantitative estimate of drug-likeness (QED) is 0.523. The smallest absolute Gasteiger partial charge is 0.0554 e. The van der Waals surface area contributed by atoms with Crippen LogP contribution >= 0.6 is 0 Å². The molecule has 4 nitrogen and oxygen atoms in total. The van der Waals surface area contributed by atoms with E-state index in [4.69, 9.17) is 9.98 Å². The van der Waals surface area contributed by atoms with Gasteiger partial charge in [-0.3, -0.25) is 9.98 Å². The highest BCUT2D eigenvalue weighted by Crippen LogP contribution is 2.36. The summed E-state index contributed by atoms with van der Waals surface area (Å²) >= 11 is 0. The second-order valence-electron chi connectivity index (χ2n) is 10.4. The van der Waals surface area contributed by atoms with E-state index in [1.165, 1.54) is 21.9 Å². The number of hydrogen-bond donors (Lipinski definition) is 2. The van der Waals surface area contributed by atoms with Gasteiger partial charge in [0, 0.05) is 47.4 Å². The minimum atomic E-state index is 0.0662. The molecule has 2 N–H and O–H groups in total. The molecule has 0 fully saturated rings. The van der Waals surface area contributed by atoms with Gasteiger partial charge in [0.15, 0.2) is 0 Å². The lowest BCUT2D eigenvalue weighted by Crippen LogP contribution is -2.21. The van der Waals surface area contributed by atoms with E-state index >= 15 is 0 Å². The number of rotatable bonds is 0. The van der Waals surface area contributed by atoms with Crippen LogP contribution in [0.25, 0.3) is 21.8 Å². The molecule has 0 saturated carbocycles. The third kappa shape index (κ3) is 4.06. The highest BCUT2D eigenvalue weighted by Gasteiger charge is 2.21. The van der Waals surface area contributed by atoms with Crippen LogP contribution in [-0.4, -0.2) is 43.6 Å². The fraction of sp³-hybridized carbons (Fsp3) is 0.462. The van der Waals surface area contributed by atoms with E-state index in [-0.39, 0.29) is 10.8 Å². The summed E-state index contributed by atoms with van der Waals surface area (Å²) in [6, 6.07) is 9.30. The van der Waals surface area contributed by atoms with Gasteiger partial charge in [-0.15, -0.1) is 0 Å². The molecule has 0 saturated heterocycles. The molecule has 3 aromatic rings. The molecule has 158 valence electrons. The van der Waals surface area contributed by atoms with E-state index in [1.807, 2.05) is 12.4 Å². The normalized spacial score (nSPS) is 16.1. The lowest BCUT2D eigenvalue weighted by molar-refractivity contribution is 0.590. The second kappa shape index (κ2) is 7.66. The van der Waals surface area contributed by atoms with Crippen LogP contribution < -0.4 is 5.32 Å². The minimum absolute atomic E-state index is 0.0662. The summed E-state index contributed by atoms with van der Waals surface area (Å²) in [6.45, 7) is 16.9. The molecule has 0 atom stereocenters. The molecule has 2 bridgehead atoms. The standard InChI is InChI=1S/C26H34N4/c1-25(2,3)19-11-17-15-28-9-7-27-8-10-29-16-18-12-20(26(4,5)6)14-22-21(13-19)23(17)30-24(18)22/h11-16,27,30H,7-10H2,1-6H3. The zero-order valence-corrected chi connectivity index (χ0v) is 19.2. The number of hydrogen-bond acceptors (Lipinski definition) is 3. The molecule has 0 aliphatic carbocycles. The summed E-state index contributed by atoms with van der Waals surface area (Å²) in [5.74, 6) is 0. The number of aliphatic imine (C=N–C) groups is 2. The number of fused-ring (bicyclic) bond motifs is 1. The van der Waals surface area contributed by atoms with Gasteiger partial charge in [0.25, 0.3) is 0 Å². The first-order chi connectivity index (χ1) is 14.1. The van der Waals surface area contributed by atoms with Crippen molar-refractivity contribution in [1.82, 2.24) is 10.3 Å². The summed E-state index contributed by atoms with van der Waals surface area (Å²) in [5.41, 5.74) is 7.43.